The summed E-state index contributed by atoms with van der Waals surface area (Å²) in [6.07, 6.45) is 2.61. The molecule has 2 aromatic heterocycles. The summed E-state index contributed by atoms with van der Waals surface area (Å²) in [5.74, 6) is 1.91. The number of carbonyl (C=O) groups excluding carboxylic acids is 1. The highest BCUT2D eigenvalue weighted by molar-refractivity contribution is 7.20. The van der Waals surface area contributed by atoms with Crippen molar-refractivity contribution in [2.75, 3.05) is 31.7 Å². The van der Waals surface area contributed by atoms with Crippen LogP contribution >= 0.6 is 11.3 Å². The molecular formula is C21H23N3O3S. The van der Waals surface area contributed by atoms with Crippen molar-refractivity contribution in [3.63, 3.8) is 0 Å². The van der Waals surface area contributed by atoms with Crippen molar-refractivity contribution in [3.8, 4) is 5.75 Å². The fourth-order valence-electron chi connectivity index (χ4n) is 3.89. The van der Waals surface area contributed by atoms with Crippen molar-refractivity contribution in [1.29, 1.82) is 0 Å². The van der Waals surface area contributed by atoms with E-state index in [9.17, 15) is 4.79 Å². The molecule has 3 heterocycles. The molecule has 0 radical (unpaired) electrons. The molecule has 4 rings (SSSR count). The van der Waals surface area contributed by atoms with Crippen molar-refractivity contribution < 1.29 is 14.3 Å². The Morgan fingerprint density at radius 1 is 1.32 bits per heavy atom. The molecule has 6 nitrogen and oxygen atoms in total. The maximum absolute atomic E-state index is 12.3. The van der Waals surface area contributed by atoms with E-state index in [2.05, 4.69) is 27.0 Å². The number of anilines is 1. The fourth-order valence-corrected chi connectivity index (χ4v) is 4.93. The molecule has 0 saturated carbocycles. The maximum Gasteiger partial charge on any atom is 0.348 e. The van der Waals surface area contributed by atoms with E-state index in [4.69, 9.17) is 9.47 Å². The van der Waals surface area contributed by atoms with Crippen molar-refractivity contribution in [2.24, 2.45) is 0 Å². The minimum absolute atomic E-state index is 0.290. The average molecular weight is 398 g/mol. The lowest BCUT2D eigenvalue weighted by atomic mass is 9.97. The summed E-state index contributed by atoms with van der Waals surface area (Å²) < 4.78 is 10.7. The zero-order valence-electron chi connectivity index (χ0n) is 16.3. The number of fused-ring (bicyclic) bond motifs is 1. The quantitative estimate of drug-likeness (QED) is 0.602. The number of methoxy groups -OCH3 is 1. The summed E-state index contributed by atoms with van der Waals surface area (Å²) >= 11 is 1.38. The van der Waals surface area contributed by atoms with Crippen LogP contribution in [-0.2, 0) is 4.74 Å². The number of aromatic nitrogens is 2. The number of esters is 1. The second-order valence-corrected chi connectivity index (χ2v) is 7.83. The molecule has 0 bridgehead atoms. The van der Waals surface area contributed by atoms with E-state index in [-0.39, 0.29) is 5.97 Å². The number of hydrogen-bond donors (Lipinski definition) is 0. The van der Waals surface area contributed by atoms with Crippen LogP contribution in [0.4, 0.5) is 5.82 Å². The van der Waals surface area contributed by atoms with Crippen LogP contribution < -0.4 is 9.64 Å². The van der Waals surface area contributed by atoms with Gasteiger partial charge in [0.2, 0.25) is 0 Å². The van der Waals surface area contributed by atoms with Gasteiger partial charge in [0.05, 0.1) is 19.1 Å². The molecule has 1 atom stereocenters. The standard InChI is InChI=1S/C21H23N3O3S/c1-4-27-21(25)18-13(2)17-19(22-12-23-20(17)28-18)24-10-9-14(11-24)15-7-5-6-8-16(15)26-3/h5-8,12,14H,4,9-11H2,1-3H3. The zero-order chi connectivity index (χ0) is 19.7. The lowest BCUT2D eigenvalue weighted by molar-refractivity contribution is 0.0531. The van der Waals surface area contributed by atoms with E-state index in [1.165, 1.54) is 16.9 Å². The molecule has 146 valence electrons. The van der Waals surface area contributed by atoms with Gasteiger partial charge in [0.1, 0.15) is 27.6 Å². The Morgan fingerprint density at radius 2 is 2.14 bits per heavy atom. The van der Waals surface area contributed by atoms with Crippen LogP contribution in [0.3, 0.4) is 0 Å². The molecule has 1 aromatic carbocycles. The van der Waals surface area contributed by atoms with Gasteiger partial charge < -0.3 is 14.4 Å². The topological polar surface area (TPSA) is 64.5 Å². The molecule has 0 N–H and O–H groups in total. The lowest BCUT2D eigenvalue weighted by Crippen LogP contribution is -2.21. The first-order chi connectivity index (χ1) is 13.6. The van der Waals surface area contributed by atoms with Gasteiger partial charge in [-0.25, -0.2) is 14.8 Å². The summed E-state index contributed by atoms with van der Waals surface area (Å²) in [5.41, 5.74) is 2.13. The third kappa shape index (κ3) is 3.20. The number of nitrogens with zero attached hydrogens (tertiary/aromatic N) is 3. The highest BCUT2D eigenvalue weighted by Crippen LogP contribution is 2.39. The summed E-state index contributed by atoms with van der Waals surface area (Å²) in [5, 5.41) is 0.955. The van der Waals surface area contributed by atoms with Gasteiger partial charge in [-0.2, -0.15) is 0 Å². The number of carbonyl (C=O) groups is 1. The number of para-hydroxylation sites is 1. The van der Waals surface area contributed by atoms with Crippen molar-refractivity contribution >= 4 is 33.3 Å². The normalized spacial score (nSPS) is 16.5. The van der Waals surface area contributed by atoms with Gasteiger partial charge >= 0.3 is 5.97 Å². The summed E-state index contributed by atoms with van der Waals surface area (Å²) in [6.45, 7) is 5.88. The number of ether oxygens (including phenoxy) is 2. The van der Waals surface area contributed by atoms with Crippen LogP contribution in [0.15, 0.2) is 30.6 Å². The smallest absolute Gasteiger partial charge is 0.348 e. The Labute approximate surface area is 168 Å². The average Bonchev–Trinajstić information content (AvgIpc) is 3.33. The molecule has 1 fully saturated rings. The van der Waals surface area contributed by atoms with Gasteiger partial charge in [0, 0.05) is 19.0 Å². The van der Waals surface area contributed by atoms with Crippen molar-refractivity contribution in [3.05, 3.63) is 46.6 Å². The van der Waals surface area contributed by atoms with Crippen LogP contribution in [0.1, 0.15) is 40.1 Å². The van der Waals surface area contributed by atoms with Crippen LogP contribution in [0.2, 0.25) is 0 Å². The second-order valence-electron chi connectivity index (χ2n) is 6.83. The molecule has 28 heavy (non-hydrogen) atoms. The van der Waals surface area contributed by atoms with Crippen LogP contribution in [0.5, 0.6) is 5.75 Å². The molecule has 0 spiro atoms. The lowest BCUT2D eigenvalue weighted by Gasteiger charge is -2.19. The molecule has 1 aliphatic rings. The minimum Gasteiger partial charge on any atom is -0.496 e. The molecule has 3 aromatic rings. The first-order valence-electron chi connectivity index (χ1n) is 9.43. The Hall–Kier alpha value is -2.67. The van der Waals surface area contributed by atoms with E-state index in [1.807, 2.05) is 26.0 Å². The highest BCUT2D eigenvalue weighted by atomic mass is 32.1. The second kappa shape index (κ2) is 7.75. The monoisotopic (exact) mass is 397 g/mol. The van der Waals surface area contributed by atoms with Crippen LogP contribution in [-0.4, -0.2) is 42.7 Å². The van der Waals surface area contributed by atoms with Gasteiger partial charge in [0.15, 0.2) is 0 Å². The third-order valence-corrected chi connectivity index (χ3v) is 6.41. The Balaban J connectivity index is 1.67. The molecule has 0 aliphatic carbocycles. The van der Waals surface area contributed by atoms with E-state index in [0.29, 0.717) is 17.4 Å². The van der Waals surface area contributed by atoms with Crippen LogP contribution in [0, 0.1) is 6.92 Å². The largest absolute Gasteiger partial charge is 0.496 e. The van der Waals surface area contributed by atoms with Gasteiger partial charge in [-0.05, 0) is 37.5 Å². The van der Waals surface area contributed by atoms with Gasteiger partial charge in [-0.1, -0.05) is 18.2 Å². The van der Waals surface area contributed by atoms with E-state index in [1.54, 1.807) is 13.4 Å². The molecule has 1 aliphatic heterocycles. The molecule has 7 heteroatoms. The predicted molar refractivity (Wildman–Crippen MR) is 111 cm³/mol. The minimum atomic E-state index is -0.290. The van der Waals surface area contributed by atoms with Gasteiger partial charge in [0.25, 0.3) is 0 Å². The highest BCUT2D eigenvalue weighted by Gasteiger charge is 2.29. The molecular weight excluding hydrogens is 374 g/mol. The van der Waals surface area contributed by atoms with Crippen molar-refractivity contribution in [1.82, 2.24) is 9.97 Å². The summed E-state index contributed by atoms with van der Waals surface area (Å²) in [4.78, 5) is 25.0. The number of rotatable bonds is 5. The first-order valence-corrected chi connectivity index (χ1v) is 10.2. The Bertz CT molecular complexity index is 1020. The first kappa shape index (κ1) is 18.7. The van der Waals surface area contributed by atoms with E-state index < -0.39 is 0 Å². The van der Waals surface area contributed by atoms with E-state index in [0.717, 1.165) is 46.9 Å². The zero-order valence-corrected chi connectivity index (χ0v) is 17.1. The van der Waals surface area contributed by atoms with Gasteiger partial charge in [-0.3, -0.25) is 0 Å². The number of aryl methyl sites for hydroxylation is 1. The Morgan fingerprint density at radius 3 is 2.93 bits per heavy atom. The number of benzene rings is 1. The third-order valence-electron chi connectivity index (χ3n) is 5.23. The SMILES string of the molecule is CCOC(=O)c1sc2ncnc(N3CCC(c4ccccc4OC)C3)c2c1C. The van der Waals surface area contributed by atoms with E-state index >= 15 is 0 Å². The van der Waals surface area contributed by atoms with Gasteiger partial charge in [-0.15, -0.1) is 11.3 Å². The Kier molecular flexibility index (Phi) is 5.17. The van der Waals surface area contributed by atoms with Crippen LogP contribution in [0.25, 0.3) is 10.2 Å². The molecule has 1 unspecified atom stereocenters. The summed E-state index contributed by atoms with van der Waals surface area (Å²) in [7, 11) is 1.71. The fraction of sp³-hybridized carbons (Fsp3) is 0.381. The van der Waals surface area contributed by atoms with Crippen molar-refractivity contribution in [2.45, 2.75) is 26.2 Å². The molecule has 0 amide bonds. The maximum atomic E-state index is 12.3. The number of hydrogen-bond acceptors (Lipinski definition) is 7. The summed E-state index contributed by atoms with van der Waals surface area (Å²) in [6, 6.07) is 8.19. The predicted octanol–water partition coefficient (Wildman–Crippen LogP) is 4.18. The number of thiophene rings is 1. The molecule has 1 saturated heterocycles.